The number of benzene rings is 1. The quantitative estimate of drug-likeness (QED) is 0.807. The number of anilines is 2. The van der Waals surface area contributed by atoms with Crippen molar-refractivity contribution in [3.05, 3.63) is 36.0 Å². The third kappa shape index (κ3) is 4.31. The fourth-order valence-electron chi connectivity index (χ4n) is 2.18. The summed E-state index contributed by atoms with van der Waals surface area (Å²) in [5.74, 6) is 2.29. The molecule has 0 aliphatic carbocycles. The van der Waals surface area contributed by atoms with Crippen LogP contribution < -0.4 is 15.0 Å². The first-order chi connectivity index (χ1) is 10.8. The van der Waals surface area contributed by atoms with Crippen LogP contribution in [0.1, 0.15) is 19.4 Å². The fraction of sp³-hybridized carbons (Fsp3) is 0.438. The summed E-state index contributed by atoms with van der Waals surface area (Å²) in [5, 5.41) is 11.3. The molecule has 1 aromatic heterocycles. The predicted octanol–water partition coefficient (Wildman–Crippen LogP) is 2.38. The summed E-state index contributed by atoms with van der Waals surface area (Å²) in [7, 11) is 1.67. The van der Waals surface area contributed by atoms with Crippen molar-refractivity contribution in [2.75, 3.05) is 37.0 Å². The van der Waals surface area contributed by atoms with Gasteiger partial charge in [-0.1, -0.05) is 12.1 Å². The molecule has 6 nitrogen and oxygen atoms in total. The van der Waals surface area contributed by atoms with Crippen molar-refractivity contribution in [2.24, 2.45) is 0 Å². The lowest BCUT2D eigenvalue weighted by atomic mass is 10.1. The molecule has 1 N–H and O–H groups in total. The van der Waals surface area contributed by atoms with E-state index >= 15 is 0 Å². The maximum atomic E-state index is 5.15. The normalized spacial score (nSPS) is 10.3. The number of nitrogens with zero attached hydrogens (tertiary/aromatic N) is 4. The molecule has 1 heterocycles. The average Bonchev–Trinajstić information content (AvgIpc) is 2.57. The van der Waals surface area contributed by atoms with Crippen molar-refractivity contribution in [2.45, 2.75) is 20.3 Å². The van der Waals surface area contributed by atoms with Crippen LogP contribution in [-0.2, 0) is 6.42 Å². The maximum absolute atomic E-state index is 5.15. The number of rotatable bonds is 8. The number of nitrogens with one attached hydrogen (secondary N) is 1. The molecule has 0 bridgehead atoms. The number of hydrogen-bond acceptors (Lipinski definition) is 6. The third-order valence-electron chi connectivity index (χ3n) is 3.49. The molecule has 0 atom stereocenters. The lowest BCUT2D eigenvalue weighted by Gasteiger charge is -2.19. The van der Waals surface area contributed by atoms with Crippen LogP contribution in [0.25, 0.3) is 0 Å². The molecule has 0 fully saturated rings. The summed E-state index contributed by atoms with van der Waals surface area (Å²) in [6, 6.07) is 8.06. The van der Waals surface area contributed by atoms with E-state index in [1.165, 1.54) is 5.56 Å². The maximum Gasteiger partial charge on any atom is 0.244 e. The summed E-state index contributed by atoms with van der Waals surface area (Å²) in [5.41, 5.74) is 1.24. The zero-order valence-corrected chi connectivity index (χ0v) is 13.4. The van der Waals surface area contributed by atoms with Gasteiger partial charge >= 0.3 is 0 Å². The van der Waals surface area contributed by atoms with E-state index in [4.69, 9.17) is 4.74 Å². The van der Waals surface area contributed by atoms with Crippen LogP contribution in [-0.4, -0.2) is 41.9 Å². The van der Waals surface area contributed by atoms with Gasteiger partial charge in [-0.05, 0) is 38.0 Å². The van der Waals surface area contributed by atoms with Gasteiger partial charge in [0.1, 0.15) is 5.75 Å². The summed E-state index contributed by atoms with van der Waals surface area (Å²) in [4.78, 5) is 6.64. The van der Waals surface area contributed by atoms with Gasteiger partial charge in [0, 0.05) is 19.6 Å². The molecular formula is C16H23N5O. The molecule has 118 valence electrons. The molecule has 0 aliphatic heterocycles. The standard InChI is InChI=1S/C16H23N5O/c1-4-21(5-2)15-12-18-20-16(19-15)17-11-10-13-6-8-14(22-3)9-7-13/h6-9,12H,4-5,10-11H2,1-3H3,(H,17,19,20). The van der Waals surface area contributed by atoms with Crippen molar-refractivity contribution in [3.63, 3.8) is 0 Å². The van der Waals surface area contributed by atoms with Crippen molar-refractivity contribution in [1.29, 1.82) is 0 Å². The Kier molecular flexibility index (Phi) is 5.94. The lowest BCUT2D eigenvalue weighted by Crippen LogP contribution is -2.24. The Morgan fingerprint density at radius 3 is 2.50 bits per heavy atom. The van der Waals surface area contributed by atoms with Crippen LogP contribution in [0.3, 0.4) is 0 Å². The van der Waals surface area contributed by atoms with Gasteiger partial charge in [-0.2, -0.15) is 10.1 Å². The van der Waals surface area contributed by atoms with Crippen LogP contribution in [0.2, 0.25) is 0 Å². The summed E-state index contributed by atoms with van der Waals surface area (Å²) < 4.78 is 5.15. The third-order valence-corrected chi connectivity index (χ3v) is 3.49. The Bertz CT molecular complexity index is 569. The van der Waals surface area contributed by atoms with Crippen LogP contribution in [0.4, 0.5) is 11.8 Å². The number of aromatic nitrogens is 3. The van der Waals surface area contributed by atoms with Crippen molar-refractivity contribution >= 4 is 11.8 Å². The minimum atomic E-state index is 0.568. The summed E-state index contributed by atoms with van der Waals surface area (Å²) >= 11 is 0. The van der Waals surface area contributed by atoms with Crippen molar-refractivity contribution < 1.29 is 4.74 Å². The number of ether oxygens (including phenoxy) is 1. The Hall–Kier alpha value is -2.37. The van der Waals surface area contributed by atoms with E-state index in [1.54, 1.807) is 13.3 Å². The van der Waals surface area contributed by atoms with E-state index in [-0.39, 0.29) is 0 Å². The van der Waals surface area contributed by atoms with Crippen LogP contribution >= 0.6 is 0 Å². The van der Waals surface area contributed by atoms with E-state index in [1.807, 2.05) is 12.1 Å². The van der Waals surface area contributed by atoms with Crippen molar-refractivity contribution in [1.82, 2.24) is 15.2 Å². The fourth-order valence-corrected chi connectivity index (χ4v) is 2.18. The van der Waals surface area contributed by atoms with Gasteiger partial charge in [-0.3, -0.25) is 0 Å². The number of methoxy groups -OCH3 is 1. The first kappa shape index (κ1) is 16.0. The Morgan fingerprint density at radius 1 is 1.14 bits per heavy atom. The Labute approximate surface area is 131 Å². The van der Waals surface area contributed by atoms with E-state index < -0.39 is 0 Å². The van der Waals surface area contributed by atoms with E-state index in [0.29, 0.717) is 5.95 Å². The lowest BCUT2D eigenvalue weighted by molar-refractivity contribution is 0.414. The van der Waals surface area contributed by atoms with Gasteiger partial charge in [0.05, 0.1) is 13.3 Å². The van der Waals surface area contributed by atoms with Gasteiger partial charge in [0.2, 0.25) is 5.95 Å². The highest BCUT2D eigenvalue weighted by atomic mass is 16.5. The zero-order chi connectivity index (χ0) is 15.8. The van der Waals surface area contributed by atoms with Gasteiger partial charge < -0.3 is 15.0 Å². The molecule has 0 saturated heterocycles. The highest BCUT2D eigenvalue weighted by Crippen LogP contribution is 2.12. The molecule has 2 aromatic rings. The van der Waals surface area contributed by atoms with Gasteiger partial charge in [0.15, 0.2) is 5.82 Å². The monoisotopic (exact) mass is 301 g/mol. The molecular weight excluding hydrogens is 278 g/mol. The van der Waals surface area contributed by atoms with E-state index in [9.17, 15) is 0 Å². The average molecular weight is 301 g/mol. The van der Waals surface area contributed by atoms with Crippen LogP contribution in [0, 0.1) is 0 Å². The molecule has 2 rings (SSSR count). The highest BCUT2D eigenvalue weighted by molar-refractivity contribution is 5.40. The zero-order valence-electron chi connectivity index (χ0n) is 13.4. The molecule has 0 saturated carbocycles. The van der Waals surface area contributed by atoms with Crippen molar-refractivity contribution in [3.8, 4) is 5.75 Å². The van der Waals surface area contributed by atoms with E-state index in [0.717, 1.165) is 37.6 Å². The van der Waals surface area contributed by atoms with Crippen LogP contribution in [0.5, 0.6) is 5.75 Å². The highest BCUT2D eigenvalue weighted by Gasteiger charge is 2.06. The summed E-state index contributed by atoms with van der Waals surface area (Å²) in [6.07, 6.45) is 2.59. The largest absolute Gasteiger partial charge is 0.497 e. The topological polar surface area (TPSA) is 63.2 Å². The Morgan fingerprint density at radius 2 is 1.86 bits per heavy atom. The second kappa shape index (κ2) is 8.17. The molecule has 22 heavy (non-hydrogen) atoms. The SMILES string of the molecule is CCN(CC)c1cnnc(NCCc2ccc(OC)cc2)n1. The van der Waals surface area contributed by atoms with Gasteiger partial charge in [-0.25, -0.2) is 0 Å². The van der Waals surface area contributed by atoms with Gasteiger partial charge in [-0.15, -0.1) is 5.10 Å². The molecule has 0 amide bonds. The first-order valence-electron chi connectivity index (χ1n) is 7.58. The molecule has 0 spiro atoms. The molecule has 0 unspecified atom stereocenters. The summed E-state index contributed by atoms with van der Waals surface area (Å²) in [6.45, 7) is 6.77. The number of hydrogen-bond donors (Lipinski definition) is 1. The predicted molar refractivity (Wildman–Crippen MR) is 88.6 cm³/mol. The molecule has 1 aromatic carbocycles. The van der Waals surface area contributed by atoms with Gasteiger partial charge in [0.25, 0.3) is 0 Å². The van der Waals surface area contributed by atoms with E-state index in [2.05, 4.69) is 51.4 Å². The second-order valence-electron chi connectivity index (χ2n) is 4.84. The molecule has 0 aliphatic rings. The minimum Gasteiger partial charge on any atom is -0.497 e. The first-order valence-corrected chi connectivity index (χ1v) is 7.58. The minimum absolute atomic E-state index is 0.568. The molecule has 6 heteroatoms. The smallest absolute Gasteiger partial charge is 0.244 e. The molecule has 0 radical (unpaired) electrons. The second-order valence-corrected chi connectivity index (χ2v) is 4.84. The Balaban J connectivity index is 1.89. The van der Waals surface area contributed by atoms with Crippen LogP contribution in [0.15, 0.2) is 30.5 Å².